The minimum absolute atomic E-state index is 0.0401. The minimum atomic E-state index is -0.185. The molecule has 1 atom stereocenters. The summed E-state index contributed by atoms with van der Waals surface area (Å²) < 4.78 is 12.7. The lowest BCUT2D eigenvalue weighted by atomic mass is 9.89. The Bertz CT molecular complexity index is 1300. The van der Waals surface area contributed by atoms with Crippen molar-refractivity contribution in [2.45, 2.75) is 37.9 Å². The standard InChI is InChI=1S/C24H25N3O4S2/c1-3-8-27-23(29)21-16-6-4-14(2)11-19(16)33-22(21)26-24(27)32-13-20(28)25-15-5-7-17-18(12-15)31-10-9-30-17/h3,5,7,12,14H,1,4,6,8-11,13H2,2H3,(H,25,28). The van der Waals surface area contributed by atoms with E-state index in [2.05, 4.69) is 18.8 Å². The normalized spacial score (nSPS) is 16.9. The van der Waals surface area contributed by atoms with Crippen LogP contribution < -0.4 is 20.3 Å². The number of aromatic nitrogens is 2. The molecule has 0 saturated heterocycles. The minimum Gasteiger partial charge on any atom is -0.486 e. The Morgan fingerprint density at radius 1 is 1.36 bits per heavy atom. The van der Waals surface area contributed by atoms with E-state index in [0.29, 0.717) is 48.0 Å². The lowest BCUT2D eigenvalue weighted by Crippen LogP contribution is -2.24. The number of carbonyl (C=O) groups excluding carboxylic acids is 1. The predicted molar refractivity (Wildman–Crippen MR) is 132 cm³/mol. The van der Waals surface area contributed by atoms with Crippen molar-refractivity contribution in [1.82, 2.24) is 9.55 Å². The Morgan fingerprint density at radius 2 is 2.18 bits per heavy atom. The van der Waals surface area contributed by atoms with Gasteiger partial charge in [0.25, 0.3) is 5.56 Å². The largest absolute Gasteiger partial charge is 0.486 e. The Kier molecular flexibility index (Phi) is 6.16. The SMILES string of the molecule is C=CCn1c(SCC(=O)Nc2ccc3c(c2)OCCO3)nc2sc3c(c2c1=O)CCC(C)C3. The first-order chi connectivity index (χ1) is 16.0. The number of hydrogen-bond acceptors (Lipinski definition) is 7. The molecule has 9 heteroatoms. The van der Waals surface area contributed by atoms with Crippen molar-refractivity contribution in [3.8, 4) is 11.5 Å². The lowest BCUT2D eigenvalue weighted by Gasteiger charge is -2.19. The van der Waals surface area contributed by atoms with E-state index in [1.54, 1.807) is 40.2 Å². The van der Waals surface area contributed by atoms with E-state index in [1.807, 2.05) is 0 Å². The number of nitrogens with zero attached hydrogens (tertiary/aromatic N) is 2. The number of amides is 1. The number of thioether (sulfide) groups is 1. The zero-order valence-electron chi connectivity index (χ0n) is 18.4. The van der Waals surface area contributed by atoms with Crippen molar-refractivity contribution in [3.05, 3.63) is 51.6 Å². The Hall–Kier alpha value is -2.78. The topological polar surface area (TPSA) is 82.5 Å². The number of benzene rings is 1. The van der Waals surface area contributed by atoms with Gasteiger partial charge < -0.3 is 14.8 Å². The summed E-state index contributed by atoms with van der Waals surface area (Å²) in [5, 5.41) is 4.16. The van der Waals surface area contributed by atoms with E-state index in [4.69, 9.17) is 14.5 Å². The van der Waals surface area contributed by atoms with Crippen LogP contribution in [0.3, 0.4) is 0 Å². The molecule has 172 valence electrons. The number of rotatable bonds is 6. The number of nitrogens with one attached hydrogen (secondary N) is 1. The molecular weight excluding hydrogens is 458 g/mol. The third-order valence-electron chi connectivity index (χ3n) is 5.85. The summed E-state index contributed by atoms with van der Waals surface area (Å²) in [6.45, 7) is 7.40. The molecule has 0 radical (unpaired) electrons. The summed E-state index contributed by atoms with van der Waals surface area (Å²) in [5.41, 5.74) is 1.76. The van der Waals surface area contributed by atoms with Crippen LogP contribution in [-0.4, -0.2) is 34.4 Å². The van der Waals surface area contributed by atoms with Gasteiger partial charge in [0, 0.05) is 23.2 Å². The van der Waals surface area contributed by atoms with Crippen LogP contribution in [0.5, 0.6) is 11.5 Å². The number of anilines is 1. The highest BCUT2D eigenvalue weighted by molar-refractivity contribution is 7.99. The summed E-state index contributed by atoms with van der Waals surface area (Å²) in [6.07, 6.45) is 4.70. The molecule has 1 aliphatic heterocycles. The monoisotopic (exact) mass is 483 g/mol. The zero-order chi connectivity index (χ0) is 22.9. The van der Waals surface area contributed by atoms with Gasteiger partial charge in [0.2, 0.25) is 5.91 Å². The fourth-order valence-corrected chi connectivity index (χ4v) is 6.49. The lowest BCUT2D eigenvalue weighted by molar-refractivity contribution is -0.113. The van der Waals surface area contributed by atoms with E-state index in [9.17, 15) is 9.59 Å². The molecule has 0 saturated carbocycles. The van der Waals surface area contributed by atoms with Gasteiger partial charge in [-0.1, -0.05) is 24.8 Å². The van der Waals surface area contributed by atoms with Gasteiger partial charge in [-0.15, -0.1) is 17.9 Å². The zero-order valence-corrected chi connectivity index (χ0v) is 20.0. The number of fused-ring (bicyclic) bond motifs is 4. The van der Waals surface area contributed by atoms with Crippen LogP contribution in [0.25, 0.3) is 10.2 Å². The summed E-state index contributed by atoms with van der Waals surface area (Å²) >= 11 is 2.88. The first kappa shape index (κ1) is 22.0. The Labute approximate surface area is 199 Å². The van der Waals surface area contributed by atoms with Crippen LogP contribution in [0.2, 0.25) is 0 Å². The highest BCUT2D eigenvalue weighted by Crippen LogP contribution is 2.37. The van der Waals surface area contributed by atoms with Gasteiger partial charge >= 0.3 is 0 Å². The molecule has 0 fully saturated rings. The van der Waals surface area contributed by atoms with Crippen LogP contribution in [0.1, 0.15) is 23.8 Å². The predicted octanol–water partition coefficient (Wildman–Crippen LogP) is 4.27. The summed E-state index contributed by atoms with van der Waals surface area (Å²) in [5.74, 6) is 1.86. The molecule has 7 nitrogen and oxygen atoms in total. The summed E-state index contributed by atoms with van der Waals surface area (Å²) in [7, 11) is 0. The molecule has 3 aromatic rings. The number of ether oxygens (including phenoxy) is 2. The van der Waals surface area contributed by atoms with Crippen molar-refractivity contribution in [2.24, 2.45) is 5.92 Å². The van der Waals surface area contributed by atoms with Gasteiger partial charge in [-0.05, 0) is 42.9 Å². The summed E-state index contributed by atoms with van der Waals surface area (Å²) in [4.78, 5) is 32.8. The molecule has 1 amide bonds. The molecule has 33 heavy (non-hydrogen) atoms. The average Bonchev–Trinajstić information content (AvgIpc) is 3.17. The van der Waals surface area contributed by atoms with Crippen molar-refractivity contribution in [2.75, 3.05) is 24.3 Å². The van der Waals surface area contributed by atoms with E-state index < -0.39 is 0 Å². The fourth-order valence-electron chi connectivity index (χ4n) is 4.25. The maximum Gasteiger partial charge on any atom is 0.263 e. The van der Waals surface area contributed by atoms with Gasteiger partial charge in [0.1, 0.15) is 18.0 Å². The van der Waals surface area contributed by atoms with Crippen molar-refractivity contribution in [1.29, 1.82) is 0 Å². The van der Waals surface area contributed by atoms with Gasteiger partial charge in [-0.3, -0.25) is 14.2 Å². The molecular formula is C24H25N3O4S2. The van der Waals surface area contributed by atoms with E-state index in [1.165, 1.54) is 16.6 Å². The molecule has 1 aliphatic carbocycles. The first-order valence-corrected chi connectivity index (χ1v) is 12.8. The Balaban J connectivity index is 1.37. The fraction of sp³-hybridized carbons (Fsp3) is 0.375. The second kappa shape index (κ2) is 9.23. The third-order valence-corrected chi connectivity index (χ3v) is 7.97. The molecule has 0 spiro atoms. The maximum absolute atomic E-state index is 13.4. The number of thiophene rings is 1. The van der Waals surface area contributed by atoms with Gasteiger partial charge in [0.05, 0.1) is 11.1 Å². The van der Waals surface area contributed by atoms with E-state index >= 15 is 0 Å². The molecule has 1 aromatic carbocycles. The molecule has 0 bridgehead atoms. The second-order valence-corrected chi connectivity index (χ2v) is 10.4. The second-order valence-electron chi connectivity index (χ2n) is 8.33. The smallest absolute Gasteiger partial charge is 0.263 e. The van der Waals surface area contributed by atoms with Crippen LogP contribution in [0, 0.1) is 5.92 Å². The number of carbonyl (C=O) groups is 1. The van der Waals surface area contributed by atoms with Crippen LogP contribution in [-0.2, 0) is 24.2 Å². The first-order valence-electron chi connectivity index (χ1n) is 11.0. The Morgan fingerprint density at radius 3 is 3.00 bits per heavy atom. The third kappa shape index (κ3) is 4.39. The molecule has 1 unspecified atom stereocenters. The number of allylic oxidation sites excluding steroid dienone is 1. The van der Waals surface area contributed by atoms with Crippen molar-refractivity contribution < 1.29 is 14.3 Å². The molecule has 3 heterocycles. The van der Waals surface area contributed by atoms with E-state index in [-0.39, 0.29) is 17.2 Å². The number of aryl methyl sites for hydroxylation is 1. The average molecular weight is 484 g/mol. The molecule has 5 rings (SSSR count). The van der Waals surface area contributed by atoms with Crippen LogP contribution in [0.15, 0.2) is 40.8 Å². The number of hydrogen-bond donors (Lipinski definition) is 1. The van der Waals surface area contributed by atoms with Crippen LogP contribution in [0.4, 0.5) is 5.69 Å². The van der Waals surface area contributed by atoms with Crippen molar-refractivity contribution in [3.63, 3.8) is 0 Å². The van der Waals surface area contributed by atoms with Crippen LogP contribution >= 0.6 is 23.1 Å². The molecule has 2 aromatic heterocycles. The maximum atomic E-state index is 13.4. The highest BCUT2D eigenvalue weighted by atomic mass is 32.2. The van der Waals surface area contributed by atoms with Gasteiger partial charge in [-0.2, -0.15) is 0 Å². The molecule has 2 aliphatic rings. The highest BCUT2D eigenvalue weighted by Gasteiger charge is 2.25. The summed E-state index contributed by atoms with van der Waals surface area (Å²) in [6, 6.07) is 5.32. The molecule has 1 N–H and O–H groups in total. The quantitative estimate of drug-likeness (QED) is 0.320. The van der Waals surface area contributed by atoms with Gasteiger partial charge in [0.15, 0.2) is 16.7 Å². The van der Waals surface area contributed by atoms with E-state index in [0.717, 1.165) is 35.0 Å². The van der Waals surface area contributed by atoms with Crippen molar-refractivity contribution >= 4 is 44.9 Å². The van der Waals surface area contributed by atoms with Gasteiger partial charge in [-0.25, -0.2) is 4.98 Å².